The summed E-state index contributed by atoms with van der Waals surface area (Å²) in [5.41, 5.74) is 8.04. The molecule has 5 heteroatoms. The van der Waals surface area contributed by atoms with E-state index in [1.54, 1.807) is 6.21 Å². The van der Waals surface area contributed by atoms with E-state index < -0.39 is 0 Å². The maximum absolute atomic E-state index is 12.1. The molecule has 0 atom stereocenters. The first kappa shape index (κ1) is 19.7. The van der Waals surface area contributed by atoms with Crippen LogP contribution in [0.4, 0.5) is 0 Å². The van der Waals surface area contributed by atoms with Gasteiger partial charge in [-0.15, -0.1) is 0 Å². The number of nitrogens with zero attached hydrogens (tertiary/aromatic N) is 1. The first-order valence-electron chi connectivity index (χ1n) is 9.63. The quantitative estimate of drug-likeness (QED) is 0.463. The number of aryl methyl sites for hydroxylation is 2. The van der Waals surface area contributed by atoms with Gasteiger partial charge in [0.2, 0.25) is 0 Å². The number of rotatable bonds is 7. The van der Waals surface area contributed by atoms with Gasteiger partial charge in [-0.1, -0.05) is 51.1 Å². The van der Waals surface area contributed by atoms with Crippen molar-refractivity contribution in [2.45, 2.75) is 40.0 Å². The summed E-state index contributed by atoms with van der Waals surface area (Å²) in [7, 11) is 0. The lowest BCUT2D eigenvalue weighted by molar-refractivity contribution is -0.123. The van der Waals surface area contributed by atoms with Crippen LogP contribution in [0, 0.1) is 6.92 Å². The van der Waals surface area contributed by atoms with Gasteiger partial charge >= 0.3 is 0 Å². The lowest BCUT2D eigenvalue weighted by atomic mass is 10.0. The number of hydrazone groups is 1. The first-order chi connectivity index (χ1) is 13.5. The topological polar surface area (TPSA) is 66.5 Å². The highest BCUT2D eigenvalue weighted by atomic mass is 16.5. The van der Waals surface area contributed by atoms with Gasteiger partial charge in [0.05, 0.1) is 6.21 Å². The molecule has 3 rings (SSSR count). The molecule has 0 aliphatic rings. The minimum Gasteiger partial charge on any atom is -0.483 e. The fourth-order valence-corrected chi connectivity index (χ4v) is 3.23. The number of hydrogen-bond acceptors (Lipinski definition) is 3. The molecule has 2 aromatic carbocycles. The molecule has 0 fully saturated rings. The molecule has 28 heavy (non-hydrogen) atoms. The monoisotopic (exact) mass is 377 g/mol. The van der Waals surface area contributed by atoms with Crippen molar-refractivity contribution < 1.29 is 9.53 Å². The van der Waals surface area contributed by atoms with Crippen LogP contribution in [0.15, 0.2) is 47.7 Å². The second-order valence-electron chi connectivity index (χ2n) is 7.22. The molecule has 2 N–H and O–H groups in total. The summed E-state index contributed by atoms with van der Waals surface area (Å²) < 4.78 is 5.74. The average molecular weight is 377 g/mol. The van der Waals surface area contributed by atoms with Gasteiger partial charge in [-0.25, -0.2) is 5.43 Å². The van der Waals surface area contributed by atoms with E-state index in [-0.39, 0.29) is 12.5 Å². The lowest BCUT2D eigenvalue weighted by Gasteiger charge is -2.14. The molecule has 1 amide bonds. The molecular formula is C23H27N3O2. The van der Waals surface area contributed by atoms with E-state index in [0.717, 1.165) is 39.8 Å². The van der Waals surface area contributed by atoms with E-state index in [9.17, 15) is 4.79 Å². The van der Waals surface area contributed by atoms with Gasteiger partial charge in [0, 0.05) is 22.7 Å². The lowest BCUT2D eigenvalue weighted by Crippen LogP contribution is -2.25. The molecule has 0 bridgehead atoms. The van der Waals surface area contributed by atoms with Crippen molar-refractivity contribution in [3.63, 3.8) is 0 Å². The minimum absolute atomic E-state index is 0.0750. The number of aromatic nitrogens is 1. The molecule has 0 unspecified atom stereocenters. The van der Waals surface area contributed by atoms with Gasteiger partial charge in [-0.3, -0.25) is 4.79 Å². The summed E-state index contributed by atoms with van der Waals surface area (Å²) >= 11 is 0. The highest BCUT2D eigenvalue weighted by Crippen LogP contribution is 2.27. The molecular weight excluding hydrogens is 350 g/mol. The van der Waals surface area contributed by atoms with Crippen LogP contribution in [0.5, 0.6) is 5.75 Å². The number of fused-ring (bicyclic) bond motifs is 1. The van der Waals surface area contributed by atoms with Crippen LogP contribution in [0.3, 0.4) is 0 Å². The fourth-order valence-electron chi connectivity index (χ4n) is 3.23. The van der Waals surface area contributed by atoms with Crippen molar-refractivity contribution >= 4 is 23.0 Å². The predicted octanol–water partition coefficient (Wildman–Crippen LogP) is 4.69. The van der Waals surface area contributed by atoms with E-state index in [0.29, 0.717) is 5.92 Å². The predicted molar refractivity (Wildman–Crippen MR) is 114 cm³/mol. The van der Waals surface area contributed by atoms with Crippen LogP contribution in [0.1, 0.15) is 48.9 Å². The standard InChI is InChI=1S/C23H27N3O2/c1-5-17-7-6-8-20-18(12-24-23(17)20)13-25-26-22(27)14-28-21-11-16(4)9-10-19(21)15(2)3/h6-13,15,24H,5,14H2,1-4H3,(H,26,27). The summed E-state index contributed by atoms with van der Waals surface area (Å²) in [5, 5.41) is 5.17. The highest BCUT2D eigenvalue weighted by molar-refractivity contribution is 6.00. The summed E-state index contributed by atoms with van der Waals surface area (Å²) in [4.78, 5) is 15.4. The number of hydrogen-bond donors (Lipinski definition) is 2. The smallest absolute Gasteiger partial charge is 0.277 e. The normalized spacial score (nSPS) is 11.5. The molecule has 1 aromatic heterocycles. The molecule has 1 heterocycles. The number of carbonyl (C=O) groups excluding carboxylic acids is 1. The zero-order valence-electron chi connectivity index (χ0n) is 16.9. The van der Waals surface area contributed by atoms with Crippen LogP contribution in [0.2, 0.25) is 0 Å². The highest BCUT2D eigenvalue weighted by Gasteiger charge is 2.10. The van der Waals surface area contributed by atoms with Gasteiger partial charge in [0.1, 0.15) is 5.75 Å². The first-order valence-corrected chi connectivity index (χ1v) is 9.63. The van der Waals surface area contributed by atoms with Gasteiger partial charge in [0.15, 0.2) is 6.61 Å². The van der Waals surface area contributed by atoms with E-state index in [1.165, 1.54) is 5.56 Å². The SMILES string of the molecule is CCc1cccc2c(C=NNC(=O)COc3cc(C)ccc3C(C)C)c[nH]c12. The fraction of sp³-hybridized carbons (Fsp3) is 0.304. The summed E-state index contributed by atoms with van der Waals surface area (Å²) in [6.07, 6.45) is 4.51. The minimum atomic E-state index is -0.290. The Morgan fingerprint density at radius 2 is 2.11 bits per heavy atom. The summed E-state index contributed by atoms with van der Waals surface area (Å²) in [6, 6.07) is 12.2. The van der Waals surface area contributed by atoms with Crippen LogP contribution in [0.25, 0.3) is 10.9 Å². The van der Waals surface area contributed by atoms with E-state index in [1.807, 2.05) is 37.4 Å². The van der Waals surface area contributed by atoms with Crippen molar-refractivity contribution in [2.24, 2.45) is 5.10 Å². The third-order valence-electron chi connectivity index (χ3n) is 4.76. The third kappa shape index (κ3) is 4.42. The number of amides is 1. The largest absolute Gasteiger partial charge is 0.483 e. The summed E-state index contributed by atoms with van der Waals surface area (Å²) in [5.74, 6) is 0.783. The number of carbonyl (C=O) groups is 1. The Balaban J connectivity index is 1.62. The maximum Gasteiger partial charge on any atom is 0.277 e. The van der Waals surface area contributed by atoms with Crippen molar-refractivity contribution in [1.82, 2.24) is 10.4 Å². The van der Waals surface area contributed by atoms with Gasteiger partial charge in [-0.2, -0.15) is 5.10 Å². The molecule has 0 spiro atoms. The number of H-pyrrole nitrogens is 1. The van der Waals surface area contributed by atoms with Gasteiger partial charge in [0.25, 0.3) is 5.91 Å². The van der Waals surface area contributed by atoms with Crippen LogP contribution >= 0.6 is 0 Å². The Labute approximate surface area is 165 Å². The maximum atomic E-state index is 12.1. The van der Waals surface area contributed by atoms with Crippen molar-refractivity contribution in [1.29, 1.82) is 0 Å². The van der Waals surface area contributed by atoms with Crippen molar-refractivity contribution in [2.75, 3.05) is 6.61 Å². The van der Waals surface area contributed by atoms with E-state index in [2.05, 4.69) is 48.4 Å². The zero-order chi connectivity index (χ0) is 20.1. The number of aromatic amines is 1. The summed E-state index contributed by atoms with van der Waals surface area (Å²) in [6.45, 7) is 8.27. The van der Waals surface area contributed by atoms with E-state index >= 15 is 0 Å². The molecule has 0 aliphatic heterocycles. The molecule has 3 aromatic rings. The Morgan fingerprint density at radius 3 is 2.86 bits per heavy atom. The average Bonchev–Trinajstić information content (AvgIpc) is 3.09. The van der Waals surface area contributed by atoms with Crippen LogP contribution in [-0.2, 0) is 11.2 Å². The van der Waals surface area contributed by atoms with Crippen molar-refractivity contribution in [3.05, 3.63) is 64.8 Å². The molecule has 0 aliphatic carbocycles. The Kier molecular flexibility index (Phi) is 6.14. The molecule has 5 nitrogen and oxygen atoms in total. The number of benzene rings is 2. The molecule has 0 saturated heterocycles. The molecule has 0 radical (unpaired) electrons. The van der Waals surface area contributed by atoms with Gasteiger partial charge in [-0.05, 0) is 42.0 Å². The second kappa shape index (κ2) is 8.74. The van der Waals surface area contributed by atoms with Gasteiger partial charge < -0.3 is 9.72 Å². The van der Waals surface area contributed by atoms with Crippen molar-refractivity contribution in [3.8, 4) is 5.75 Å². The van der Waals surface area contributed by atoms with Crippen LogP contribution < -0.4 is 10.2 Å². The number of ether oxygens (including phenoxy) is 1. The molecule has 0 saturated carbocycles. The molecule has 146 valence electrons. The van der Waals surface area contributed by atoms with Crippen LogP contribution in [-0.4, -0.2) is 23.7 Å². The Hall–Kier alpha value is -3.08. The number of para-hydroxylation sites is 1. The third-order valence-corrected chi connectivity index (χ3v) is 4.76. The van der Waals surface area contributed by atoms with E-state index in [4.69, 9.17) is 4.74 Å². The Morgan fingerprint density at radius 1 is 1.29 bits per heavy atom. The zero-order valence-corrected chi connectivity index (χ0v) is 16.9. The Bertz CT molecular complexity index is 1000. The second-order valence-corrected chi connectivity index (χ2v) is 7.22. The number of nitrogens with one attached hydrogen (secondary N) is 2.